The molecule has 0 fully saturated rings. The molecule has 0 saturated heterocycles. The smallest absolute Gasteiger partial charge is 0.124 e. The molecule has 4 heteroatoms. The van der Waals surface area contributed by atoms with Crippen molar-refractivity contribution in [3.8, 4) is 11.5 Å². The highest BCUT2D eigenvalue weighted by molar-refractivity contribution is 9.10. The molecule has 2 rings (SSSR count). The summed E-state index contributed by atoms with van der Waals surface area (Å²) in [6.45, 7) is 2.04. The number of benzene rings is 2. The van der Waals surface area contributed by atoms with Crippen molar-refractivity contribution in [3.05, 3.63) is 57.6 Å². The van der Waals surface area contributed by atoms with Crippen LogP contribution in [0.2, 0.25) is 0 Å². The third-order valence-corrected chi connectivity index (χ3v) is 3.74. The van der Waals surface area contributed by atoms with Gasteiger partial charge in [-0.2, -0.15) is 0 Å². The second-order valence-corrected chi connectivity index (χ2v) is 5.53. The molecule has 0 heterocycles. The Morgan fingerprint density at radius 3 is 2.10 bits per heavy atom. The van der Waals surface area contributed by atoms with Crippen LogP contribution in [0.4, 0.5) is 0 Å². The lowest BCUT2D eigenvalue weighted by molar-refractivity contribution is 0.400. The van der Waals surface area contributed by atoms with Crippen molar-refractivity contribution in [3.63, 3.8) is 0 Å². The number of hydrogen-bond donors (Lipinski definition) is 1. The van der Waals surface area contributed by atoms with Crippen molar-refractivity contribution in [2.75, 3.05) is 14.2 Å². The van der Waals surface area contributed by atoms with Gasteiger partial charge in [0.2, 0.25) is 0 Å². The van der Waals surface area contributed by atoms with Crippen LogP contribution in [0.25, 0.3) is 0 Å². The van der Waals surface area contributed by atoms with Crippen LogP contribution in [0.15, 0.2) is 40.9 Å². The molecule has 2 aromatic rings. The van der Waals surface area contributed by atoms with E-state index < -0.39 is 0 Å². The van der Waals surface area contributed by atoms with Gasteiger partial charge in [0.1, 0.15) is 11.5 Å². The SMILES string of the molecule is COc1ccc(C)cc1C(N)c1cc(Br)ccc1OC. The quantitative estimate of drug-likeness (QED) is 0.923. The first-order valence-corrected chi connectivity index (χ1v) is 7.09. The van der Waals surface area contributed by atoms with Crippen molar-refractivity contribution < 1.29 is 9.47 Å². The minimum atomic E-state index is -0.308. The van der Waals surface area contributed by atoms with E-state index >= 15 is 0 Å². The Hall–Kier alpha value is -1.52. The van der Waals surface area contributed by atoms with E-state index in [4.69, 9.17) is 15.2 Å². The van der Waals surface area contributed by atoms with E-state index in [1.165, 1.54) is 0 Å². The summed E-state index contributed by atoms with van der Waals surface area (Å²) in [5.74, 6) is 1.55. The van der Waals surface area contributed by atoms with Gasteiger partial charge in [-0.1, -0.05) is 33.6 Å². The Kier molecular flexibility index (Phi) is 4.68. The third kappa shape index (κ3) is 2.97. The maximum Gasteiger partial charge on any atom is 0.124 e. The van der Waals surface area contributed by atoms with Gasteiger partial charge in [0, 0.05) is 15.6 Å². The second-order valence-electron chi connectivity index (χ2n) is 4.61. The standard InChI is InChI=1S/C16H18BrNO2/c1-10-4-6-14(19-2)12(8-10)16(18)13-9-11(17)5-7-15(13)20-3/h4-9,16H,18H2,1-3H3. The van der Waals surface area contributed by atoms with E-state index in [1.807, 2.05) is 43.3 Å². The summed E-state index contributed by atoms with van der Waals surface area (Å²) in [4.78, 5) is 0. The Bertz CT molecular complexity index is 560. The summed E-state index contributed by atoms with van der Waals surface area (Å²) < 4.78 is 11.8. The molecule has 1 atom stereocenters. The van der Waals surface area contributed by atoms with E-state index in [1.54, 1.807) is 14.2 Å². The van der Waals surface area contributed by atoms with E-state index in [9.17, 15) is 0 Å². The Labute approximate surface area is 127 Å². The lowest BCUT2D eigenvalue weighted by Crippen LogP contribution is -2.14. The monoisotopic (exact) mass is 335 g/mol. The summed E-state index contributed by atoms with van der Waals surface area (Å²) >= 11 is 3.47. The molecule has 0 saturated carbocycles. The number of halogens is 1. The van der Waals surface area contributed by atoms with Crippen molar-refractivity contribution >= 4 is 15.9 Å². The normalized spacial score (nSPS) is 12.1. The molecule has 3 nitrogen and oxygen atoms in total. The first kappa shape index (κ1) is 14.9. The molecule has 1 unspecified atom stereocenters. The predicted octanol–water partition coefficient (Wildman–Crippen LogP) is 3.82. The van der Waals surface area contributed by atoms with E-state index in [0.29, 0.717) is 0 Å². The summed E-state index contributed by atoms with van der Waals surface area (Å²) in [7, 11) is 3.30. The van der Waals surface area contributed by atoms with Crippen LogP contribution in [-0.2, 0) is 0 Å². The molecular formula is C16H18BrNO2. The molecule has 0 radical (unpaired) electrons. The maximum atomic E-state index is 6.43. The van der Waals surface area contributed by atoms with Crippen LogP contribution in [0, 0.1) is 6.92 Å². The highest BCUT2D eigenvalue weighted by Gasteiger charge is 2.18. The van der Waals surface area contributed by atoms with Gasteiger partial charge < -0.3 is 15.2 Å². The first-order chi connectivity index (χ1) is 9.56. The van der Waals surface area contributed by atoms with E-state index in [2.05, 4.69) is 15.9 Å². The van der Waals surface area contributed by atoms with Crippen LogP contribution >= 0.6 is 15.9 Å². The minimum absolute atomic E-state index is 0.308. The molecule has 0 bridgehead atoms. The Morgan fingerprint density at radius 2 is 1.50 bits per heavy atom. The van der Waals surface area contributed by atoms with E-state index in [-0.39, 0.29) is 6.04 Å². The van der Waals surface area contributed by atoms with Gasteiger partial charge in [-0.05, 0) is 31.2 Å². The lowest BCUT2D eigenvalue weighted by Gasteiger charge is -2.19. The summed E-state index contributed by atoms with van der Waals surface area (Å²) in [5, 5.41) is 0. The van der Waals surface area contributed by atoms with Crippen LogP contribution in [0.3, 0.4) is 0 Å². The topological polar surface area (TPSA) is 44.5 Å². The molecule has 0 aliphatic heterocycles. The highest BCUT2D eigenvalue weighted by atomic mass is 79.9. The van der Waals surface area contributed by atoms with Gasteiger partial charge >= 0.3 is 0 Å². The van der Waals surface area contributed by atoms with Gasteiger partial charge in [-0.15, -0.1) is 0 Å². The van der Waals surface area contributed by atoms with Gasteiger partial charge in [0.05, 0.1) is 20.3 Å². The molecule has 20 heavy (non-hydrogen) atoms. The van der Waals surface area contributed by atoms with Gasteiger partial charge in [-0.25, -0.2) is 0 Å². The molecule has 0 amide bonds. The maximum absolute atomic E-state index is 6.43. The molecule has 0 aliphatic rings. The molecule has 106 valence electrons. The number of hydrogen-bond acceptors (Lipinski definition) is 3. The first-order valence-electron chi connectivity index (χ1n) is 6.30. The third-order valence-electron chi connectivity index (χ3n) is 3.25. The minimum Gasteiger partial charge on any atom is -0.496 e. The van der Waals surface area contributed by atoms with Gasteiger partial charge in [-0.3, -0.25) is 0 Å². The van der Waals surface area contributed by atoms with Crippen LogP contribution < -0.4 is 15.2 Å². The summed E-state index contributed by atoms with van der Waals surface area (Å²) in [6, 6.07) is 11.5. The number of aryl methyl sites for hydroxylation is 1. The summed E-state index contributed by atoms with van der Waals surface area (Å²) in [6.07, 6.45) is 0. The fourth-order valence-electron chi connectivity index (χ4n) is 2.21. The largest absolute Gasteiger partial charge is 0.496 e. The zero-order valence-electron chi connectivity index (χ0n) is 11.8. The molecule has 2 aromatic carbocycles. The molecule has 0 aromatic heterocycles. The van der Waals surface area contributed by atoms with Crippen molar-refractivity contribution in [1.29, 1.82) is 0 Å². The highest BCUT2D eigenvalue weighted by Crippen LogP contribution is 2.35. The average Bonchev–Trinajstić information content (AvgIpc) is 2.46. The Balaban J connectivity index is 2.53. The fraction of sp³-hybridized carbons (Fsp3) is 0.250. The lowest BCUT2D eigenvalue weighted by atomic mass is 9.96. The molecule has 2 N–H and O–H groups in total. The van der Waals surface area contributed by atoms with Crippen LogP contribution in [0.1, 0.15) is 22.7 Å². The van der Waals surface area contributed by atoms with Crippen LogP contribution in [0.5, 0.6) is 11.5 Å². The molecule has 0 aliphatic carbocycles. The number of ether oxygens (including phenoxy) is 2. The fourth-order valence-corrected chi connectivity index (χ4v) is 2.59. The number of nitrogens with two attached hydrogens (primary N) is 1. The Morgan fingerprint density at radius 1 is 0.950 bits per heavy atom. The molecule has 0 spiro atoms. The van der Waals surface area contributed by atoms with Gasteiger partial charge in [0.25, 0.3) is 0 Å². The zero-order chi connectivity index (χ0) is 14.7. The van der Waals surface area contributed by atoms with Crippen molar-refractivity contribution in [2.45, 2.75) is 13.0 Å². The number of rotatable bonds is 4. The van der Waals surface area contributed by atoms with Crippen molar-refractivity contribution in [2.24, 2.45) is 5.73 Å². The molecular weight excluding hydrogens is 318 g/mol. The van der Waals surface area contributed by atoms with E-state index in [0.717, 1.165) is 32.7 Å². The zero-order valence-corrected chi connectivity index (χ0v) is 13.4. The number of methoxy groups -OCH3 is 2. The average molecular weight is 336 g/mol. The van der Waals surface area contributed by atoms with Crippen molar-refractivity contribution in [1.82, 2.24) is 0 Å². The van der Waals surface area contributed by atoms with Crippen LogP contribution in [-0.4, -0.2) is 14.2 Å². The predicted molar refractivity (Wildman–Crippen MR) is 84.5 cm³/mol. The summed E-state index contributed by atoms with van der Waals surface area (Å²) in [5.41, 5.74) is 9.44. The second kappa shape index (κ2) is 6.29. The van der Waals surface area contributed by atoms with Gasteiger partial charge in [0.15, 0.2) is 0 Å².